The van der Waals surface area contributed by atoms with Crippen molar-refractivity contribution in [3.8, 4) is 22.8 Å². The molecule has 33 heavy (non-hydrogen) atoms. The summed E-state index contributed by atoms with van der Waals surface area (Å²) < 4.78 is 5.91. The molecule has 1 aliphatic rings. The molecule has 0 aliphatic carbocycles. The summed E-state index contributed by atoms with van der Waals surface area (Å²) in [5, 5.41) is 14.9. The second kappa shape index (κ2) is 10.1. The first-order valence-corrected chi connectivity index (χ1v) is 11.0. The number of nitro benzene ring substituents is 1. The third-order valence-electron chi connectivity index (χ3n) is 5.57. The highest BCUT2D eigenvalue weighted by Gasteiger charge is 2.27. The summed E-state index contributed by atoms with van der Waals surface area (Å²) in [6, 6.07) is 13.0. The summed E-state index contributed by atoms with van der Waals surface area (Å²) in [7, 11) is 2.09. The number of benzene rings is 2. The maximum absolute atomic E-state index is 13.1. The highest BCUT2D eigenvalue weighted by molar-refractivity contribution is 6.30. The van der Waals surface area contributed by atoms with Crippen molar-refractivity contribution in [3.05, 3.63) is 69.4 Å². The number of nitrogens with one attached hydrogen (secondary N) is 1. The lowest BCUT2D eigenvalue weighted by Crippen LogP contribution is -2.46. The molecule has 4 rings (SSSR count). The second-order valence-corrected chi connectivity index (χ2v) is 8.32. The molecular weight excluding hydrogens is 446 g/mol. The summed E-state index contributed by atoms with van der Waals surface area (Å²) >= 11 is 6.09. The number of likely N-dealkylation sites (N-methyl/N-ethyl adjacent to an activating group) is 1. The van der Waals surface area contributed by atoms with Gasteiger partial charge in [-0.15, -0.1) is 0 Å². The van der Waals surface area contributed by atoms with Crippen LogP contribution in [0.4, 0.5) is 5.69 Å². The lowest BCUT2D eigenvalue weighted by Gasteiger charge is -2.32. The van der Waals surface area contributed by atoms with Gasteiger partial charge in [0.2, 0.25) is 5.89 Å². The molecule has 10 heteroatoms. The number of nitro groups is 1. The van der Waals surface area contributed by atoms with E-state index in [9.17, 15) is 14.9 Å². The van der Waals surface area contributed by atoms with Gasteiger partial charge in [-0.2, -0.15) is 0 Å². The number of rotatable bonds is 7. The van der Waals surface area contributed by atoms with Gasteiger partial charge >= 0.3 is 0 Å². The van der Waals surface area contributed by atoms with Gasteiger partial charge in [-0.05, 0) is 31.3 Å². The highest BCUT2D eigenvalue weighted by atomic mass is 35.5. The van der Waals surface area contributed by atoms with E-state index in [0.29, 0.717) is 23.7 Å². The maximum Gasteiger partial charge on any atom is 0.280 e. The quantitative estimate of drug-likeness (QED) is 0.416. The Morgan fingerprint density at radius 1 is 1.18 bits per heavy atom. The fourth-order valence-electron chi connectivity index (χ4n) is 3.71. The van der Waals surface area contributed by atoms with Gasteiger partial charge in [0.1, 0.15) is 0 Å². The monoisotopic (exact) mass is 469 g/mol. The van der Waals surface area contributed by atoms with Gasteiger partial charge in [-0.1, -0.05) is 29.8 Å². The van der Waals surface area contributed by atoms with Crippen molar-refractivity contribution in [2.45, 2.75) is 0 Å². The van der Waals surface area contributed by atoms with Crippen LogP contribution in [0.5, 0.6) is 0 Å². The van der Waals surface area contributed by atoms with E-state index in [-0.39, 0.29) is 28.6 Å². The molecule has 1 aromatic heterocycles. The summed E-state index contributed by atoms with van der Waals surface area (Å²) in [6.07, 6.45) is 0. The first-order chi connectivity index (χ1) is 15.9. The van der Waals surface area contributed by atoms with Gasteiger partial charge in [-0.25, -0.2) is 4.98 Å². The number of carbonyl (C=O) groups is 1. The van der Waals surface area contributed by atoms with Crippen molar-refractivity contribution in [1.29, 1.82) is 0 Å². The van der Waals surface area contributed by atoms with Gasteiger partial charge in [0.15, 0.2) is 11.5 Å². The van der Waals surface area contributed by atoms with Crippen LogP contribution in [-0.4, -0.2) is 71.9 Å². The molecule has 2 aromatic carbocycles. The van der Waals surface area contributed by atoms with E-state index in [1.54, 1.807) is 42.5 Å². The third-order valence-corrected chi connectivity index (χ3v) is 5.80. The van der Waals surface area contributed by atoms with Gasteiger partial charge in [0, 0.05) is 55.9 Å². The van der Waals surface area contributed by atoms with Crippen LogP contribution >= 0.6 is 11.6 Å². The summed E-state index contributed by atoms with van der Waals surface area (Å²) in [5.41, 5.74) is 0.585. The third kappa shape index (κ3) is 5.39. The predicted octanol–water partition coefficient (Wildman–Crippen LogP) is 3.55. The predicted molar refractivity (Wildman–Crippen MR) is 125 cm³/mol. The zero-order chi connectivity index (χ0) is 23.4. The molecule has 1 aliphatic heterocycles. The van der Waals surface area contributed by atoms with E-state index >= 15 is 0 Å². The van der Waals surface area contributed by atoms with Crippen molar-refractivity contribution in [2.75, 3.05) is 46.3 Å². The number of aromatic nitrogens is 1. The molecule has 0 atom stereocenters. The molecule has 9 nitrogen and oxygen atoms in total. The fraction of sp³-hybridized carbons (Fsp3) is 0.304. The van der Waals surface area contributed by atoms with E-state index in [0.717, 1.165) is 26.2 Å². The minimum Gasteiger partial charge on any atom is -0.435 e. The lowest BCUT2D eigenvalue weighted by molar-refractivity contribution is -0.384. The van der Waals surface area contributed by atoms with Gasteiger partial charge < -0.3 is 14.6 Å². The van der Waals surface area contributed by atoms with Crippen molar-refractivity contribution in [1.82, 2.24) is 20.1 Å². The smallest absolute Gasteiger partial charge is 0.280 e. The molecule has 0 saturated carbocycles. The molecule has 172 valence electrons. The summed E-state index contributed by atoms with van der Waals surface area (Å²) in [4.78, 5) is 33.1. The SMILES string of the molecule is CN1CCN(CCNC(=O)c2nc(-c3cccc(Cl)c3)oc2-c2ccccc2[N+](=O)[O-])CC1. The molecule has 1 amide bonds. The standard InChI is InChI=1S/C23H24ClN5O4/c1-27-11-13-28(14-12-27)10-9-25-22(30)20-21(18-7-2-3-8-19(18)29(31)32)33-23(26-20)16-5-4-6-17(24)15-16/h2-8,15H,9-14H2,1H3,(H,25,30). The minimum atomic E-state index is -0.508. The van der Waals surface area contributed by atoms with Crippen molar-refractivity contribution >= 4 is 23.2 Å². The average molecular weight is 470 g/mol. The largest absolute Gasteiger partial charge is 0.435 e. The number of hydrogen-bond donors (Lipinski definition) is 1. The molecule has 3 aromatic rings. The zero-order valence-corrected chi connectivity index (χ0v) is 18.9. The van der Waals surface area contributed by atoms with Gasteiger partial charge in [0.25, 0.3) is 11.6 Å². The fourth-order valence-corrected chi connectivity index (χ4v) is 3.90. The number of amides is 1. The zero-order valence-electron chi connectivity index (χ0n) is 18.2. The molecular formula is C23H24ClN5O4. The van der Waals surface area contributed by atoms with E-state index in [1.807, 2.05) is 0 Å². The van der Waals surface area contributed by atoms with Crippen LogP contribution in [0.25, 0.3) is 22.8 Å². The van der Waals surface area contributed by atoms with E-state index in [1.165, 1.54) is 6.07 Å². The van der Waals surface area contributed by atoms with Crippen LogP contribution in [0.15, 0.2) is 52.9 Å². The molecule has 1 saturated heterocycles. The second-order valence-electron chi connectivity index (χ2n) is 7.88. The van der Waals surface area contributed by atoms with Crippen LogP contribution in [-0.2, 0) is 0 Å². The van der Waals surface area contributed by atoms with E-state index in [4.69, 9.17) is 16.0 Å². The molecule has 0 spiro atoms. The topological polar surface area (TPSA) is 105 Å². The van der Waals surface area contributed by atoms with E-state index < -0.39 is 10.8 Å². The number of carbonyl (C=O) groups excluding carboxylic acids is 1. The summed E-state index contributed by atoms with van der Waals surface area (Å²) in [6.45, 7) is 5.00. The Morgan fingerprint density at radius 3 is 2.67 bits per heavy atom. The number of nitrogens with zero attached hydrogens (tertiary/aromatic N) is 4. The Bertz CT molecular complexity index is 1160. The van der Waals surface area contributed by atoms with Crippen LogP contribution < -0.4 is 5.32 Å². The Morgan fingerprint density at radius 2 is 1.94 bits per heavy atom. The normalized spacial score (nSPS) is 14.8. The van der Waals surface area contributed by atoms with Crippen LogP contribution in [0.3, 0.4) is 0 Å². The number of piperazine rings is 1. The van der Waals surface area contributed by atoms with Crippen molar-refractivity contribution in [3.63, 3.8) is 0 Å². The maximum atomic E-state index is 13.1. The molecule has 2 heterocycles. The summed E-state index contributed by atoms with van der Waals surface area (Å²) in [5.74, 6) is -0.237. The van der Waals surface area contributed by atoms with E-state index in [2.05, 4.69) is 27.1 Å². The molecule has 0 unspecified atom stereocenters. The Hall–Kier alpha value is -3.27. The number of oxazole rings is 1. The minimum absolute atomic E-state index is 0.00217. The Balaban J connectivity index is 1.61. The highest BCUT2D eigenvalue weighted by Crippen LogP contribution is 2.35. The lowest BCUT2D eigenvalue weighted by atomic mass is 10.1. The molecule has 1 fully saturated rings. The van der Waals surface area contributed by atoms with Crippen molar-refractivity contribution < 1.29 is 14.1 Å². The molecule has 1 N–H and O–H groups in total. The van der Waals surface area contributed by atoms with Crippen molar-refractivity contribution in [2.24, 2.45) is 0 Å². The number of halogens is 1. The van der Waals surface area contributed by atoms with Gasteiger partial charge in [-0.3, -0.25) is 19.8 Å². The Labute approximate surface area is 196 Å². The first-order valence-electron chi connectivity index (χ1n) is 10.6. The van der Waals surface area contributed by atoms with Crippen LogP contribution in [0.1, 0.15) is 10.5 Å². The van der Waals surface area contributed by atoms with Crippen LogP contribution in [0, 0.1) is 10.1 Å². The molecule has 0 bridgehead atoms. The molecule has 0 radical (unpaired) electrons. The first kappa shape index (κ1) is 22.9. The average Bonchev–Trinajstić information content (AvgIpc) is 3.26. The van der Waals surface area contributed by atoms with Crippen LogP contribution in [0.2, 0.25) is 5.02 Å². The van der Waals surface area contributed by atoms with Gasteiger partial charge in [0.05, 0.1) is 10.5 Å². The Kier molecular flexibility index (Phi) is 7.02. The number of para-hydroxylation sites is 1. The number of hydrogen-bond acceptors (Lipinski definition) is 7.